The molecule has 2 aliphatic rings. The van der Waals surface area contributed by atoms with Gasteiger partial charge in [-0.25, -0.2) is 11.0 Å². The fourth-order valence-corrected chi connectivity index (χ4v) is 2.12. The van der Waals surface area contributed by atoms with Crippen LogP contribution in [0.4, 0.5) is 5.69 Å². The van der Waals surface area contributed by atoms with Gasteiger partial charge < -0.3 is 0 Å². The highest BCUT2D eigenvalue weighted by molar-refractivity contribution is 5.87. The van der Waals surface area contributed by atoms with Crippen molar-refractivity contribution in [3.8, 4) is 0 Å². The highest BCUT2D eigenvalue weighted by Gasteiger charge is 2.35. The first-order valence-electron chi connectivity index (χ1n) is 6.71. The summed E-state index contributed by atoms with van der Waals surface area (Å²) in [4.78, 5) is 36.7. The Hall–Kier alpha value is -2.58. The molecule has 114 valence electrons. The van der Waals surface area contributed by atoms with E-state index in [1.807, 2.05) is 24.3 Å². The highest BCUT2D eigenvalue weighted by Crippen LogP contribution is 2.16. The standard InChI is InChI=1S/C14H14N4O4/c1-18(12-8-22-17-14(12)20)10-4-2-9(3-5-10)6-15-11-7-21-16-13(11)19/h2-6,11-12H,1,7-8H2,(H-,16,17,19,20)/p+1. The molecule has 2 saturated heterocycles. The lowest BCUT2D eigenvalue weighted by Gasteiger charge is -2.04. The van der Waals surface area contributed by atoms with Gasteiger partial charge in [-0.15, -0.1) is 0 Å². The molecule has 0 radical (unpaired) electrons. The van der Waals surface area contributed by atoms with E-state index in [-0.39, 0.29) is 25.0 Å². The lowest BCUT2D eigenvalue weighted by Crippen LogP contribution is -2.32. The van der Waals surface area contributed by atoms with Crippen molar-refractivity contribution >= 4 is 30.4 Å². The van der Waals surface area contributed by atoms with E-state index in [9.17, 15) is 9.59 Å². The Morgan fingerprint density at radius 3 is 2.41 bits per heavy atom. The van der Waals surface area contributed by atoms with Gasteiger partial charge in [-0.1, -0.05) is 0 Å². The summed E-state index contributed by atoms with van der Waals surface area (Å²) in [5.41, 5.74) is 6.16. The van der Waals surface area contributed by atoms with Crippen LogP contribution in [0.15, 0.2) is 29.3 Å². The third-order valence-corrected chi connectivity index (χ3v) is 3.44. The lowest BCUT2D eigenvalue weighted by molar-refractivity contribution is -0.460. The molecule has 0 spiro atoms. The zero-order chi connectivity index (χ0) is 15.5. The summed E-state index contributed by atoms with van der Waals surface area (Å²) >= 11 is 0. The summed E-state index contributed by atoms with van der Waals surface area (Å²) in [6.45, 7) is 4.36. The normalized spacial score (nSPS) is 24.5. The molecule has 0 bridgehead atoms. The average molecular weight is 303 g/mol. The van der Waals surface area contributed by atoms with Crippen molar-refractivity contribution in [2.45, 2.75) is 12.1 Å². The van der Waals surface area contributed by atoms with E-state index in [0.717, 1.165) is 11.3 Å². The first kappa shape index (κ1) is 14.4. The molecule has 2 atom stereocenters. The number of hydroxylamine groups is 2. The first-order valence-corrected chi connectivity index (χ1v) is 6.71. The number of aliphatic imine (C=N–C) groups is 1. The number of benzene rings is 1. The molecule has 2 amide bonds. The van der Waals surface area contributed by atoms with Crippen LogP contribution in [0.3, 0.4) is 0 Å². The van der Waals surface area contributed by atoms with Crippen LogP contribution in [0.2, 0.25) is 0 Å². The number of amides is 2. The van der Waals surface area contributed by atoms with E-state index in [0.29, 0.717) is 0 Å². The molecular formula is C14H15N4O4+. The van der Waals surface area contributed by atoms with Crippen molar-refractivity contribution in [2.75, 3.05) is 13.2 Å². The van der Waals surface area contributed by atoms with E-state index in [4.69, 9.17) is 9.68 Å². The lowest BCUT2D eigenvalue weighted by atomic mass is 10.2. The maximum Gasteiger partial charge on any atom is 0.315 e. The maximum absolute atomic E-state index is 11.5. The number of carbonyl (C=O) groups excluding carboxylic acids is 2. The van der Waals surface area contributed by atoms with Gasteiger partial charge in [-0.05, 0) is 17.7 Å². The summed E-state index contributed by atoms with van der Waals surface area (Å²) in [5, 5.41) is 0. The summed E-state index contributed by atoms with van der Waals surface area (Å²) in [7, 11) is 0. The van der Waals surface area contributed by atoms with Gasteiger partial charge in [0.15, 0.2) is 6.04 Å². The first-order chi connectivity index (χ1) is 10.6. The van der Waals surface area contributed by atoms with Gasteiger partial charge in [0, 0.05) is 18.3 Å². The Kier molecular flexibility index (Phi) is 3.94. The highest BCUT2D eigenvalue weighted by atomic mass is 16.7. The summed E-state index contributed by atoms with van der Waals surface area (Å²) in [5.74, 6) is -0.461. The fraction of sp³-hybridized carbons (Fsp3) is 0.286. The number of nitrogens with zero attached hydrogens (tertiary/aromatic N) is 2. The van der Waals surface area contributed by atoms with Crippen LogP contribution >= 0.6 is 0 Å². The number of nitrogens with one attached hydrogen (secondary N) is 2. The molecule has 8 nitrogen and oxygen atoms in total. The van der Waals surface area contributed by atoms with Crippen LogP contribution < -0.4 is 11.0 Å². The van der Waals surface area contributed by atoms with Crippen LogP contribution in [-0.2, 0) is 19.3 Å². The molecule has 2 unspecified atom stereocenters. The number of hydrogen-bond acceptors (Lipinski definition) is 5. The topological polar surface area (TPSA) is 92.0 Å². The van der Waals surface area contributed by atoms with Crippen molar-refractivity contribution in [3.05, 3.63) is 29.8 Å². The second-order valence-electron chi connectivity index (χ2n) is 4.93. The van der Waals surface area contributed by atoms with Crippen molar-refractivity contribution in [3.63, 3.8) is 0 Å². The second-order valence-corrected chi connectivity index (χ2v) is 4.93. The predicted molar refractivity (Wildman–Crippen MR) is 76.8 cm³/mol. The average Bonchev–Trinajstić information content (AvgIpc) is 3.13. The van der Waals surface area contributed by atoms with Gasteiger partial charge in [-0.3, -0.25) is 24.3 Å². The Labute approximate surface area is 126 Å². The Morgan fingerprint density at radius 2 is 1.82 bits per heavy atom. The molecule has 2 aliphatic heterocycles. The molecule has 2 heterocycles. The minimum absolute atomic E-state index is 0.215. The summed E-state index contributed by atoms with van der Waals surface area (Å²) < 4.78 is 1.60. The van der Waals surface area contributed by atoms with Crippen molar-refractivity contribution < 1.29 is 23.8 Å². The van der Waals surface area contributed by atoms with E-state index in [1.165, 1.54) is 0 Å². The molecule has 0 saturated carbocycles. The van der Waals surface area contributed by atoms with E-state index in [2.05, 4.69) is 22.7 Å². The molecule has 22 heavy (non-hydrogen) atoms. The molecule has 1 aromatic rings. The van der Waals surface area contributed by atoms with Crippen molar-refractivity contribution in [1.29, 1.82) is 0 Å². The molecule has 3 rings (SSSR count). The largest absolute Gasteiger partial charge is 0.315 e. The molecular weight excluding hydrogens is 288 g/mol. The number of carbonyl (C=O) groups is 2. The summed E-state index contributed by atoms with van der Waals surface area (Å²) in [6, 6.07) is 6.36. The minimum atomic E-state index is -0.511. The van der Waals surface area contributed by atoms with Crippen LogP contribution in [-0.4, -0.2) is 54.6 Å². The maximum atomic E-state index is 11.5. The van der Waals surface area contributed by atoms with Crippen LogP contribution in [0.5, 0.6) is 0 Å². The second kappa shape index (κ2) is 6.04. The Morgan fingerprint density at radius 1 is 1.14 bits per heavy atom. The van der Waals surface area contributed by atoms with Gasteiger partial charge in [0.1, 0.15) is 19.9 Å². The van der Waals surface area contributed by atoms with E-state index < -0.39 is 12.1 Å². The molecule has 2 fully saturated rings. The molecule has 0 aromatic heterocycles. The zero-order valence-electron chi connectivity index (χ0n) is 11.7. The number of rotatable bonds is 4. The predicted octanol–water partition coefficient (Wildman–Crippen LogP) is -0.690. The third kappa shape index (κ3) is 2.87. The smallest absolute Gasteiger partial charge is 0.277 e. The zero-order valence-corrected chi connectivity index (χ0v) is 11.7. The molecule has 1 aromatic carbocycles. The van der Waals surface area contributed by atoms with Gasteiger partial charge in [-0.2, -0.15) is 4.58 Å². The minimum Gasteiger partial charge on any atom is -0.277 e. The van der Waals surface area contributed by atoms with Crippen molar-refractivity contribution in [2.24, 2.45) is 4.99 Å². The van der Waals surface area contributed by atoms with Crippen molar-refractivity contribution in [1.82, 2.24) is 11.0 Å². The summed E-state index contributed by atoms with van der Waals surface area (Å²) in [6.07, 6.45) is 1.61. The molecule has 2 N–H and O–H groups in total. The fourth-order valence-electron chi connectivity index (χ4n) is 2.12. The van der Waals surface area contributed by atoms with Gasteiger partial charge in [0.2, 0.25) is 5.69 Å². The van der Waals surface area contributed by atoms with Crippen LogP contribution in [0.1, 0.15) is 5.56 Å². The SMILES string of the molecule is C=[N+](c1ccc(C=NC2CONC2=O)cc1)C1CONC1=O. The van der Waals surface area contributed by atoms with Crippen LogP contribution in [0, 0.1) is 0 Å². The Bertz CT molecular complexity index is 641. The quantitative estimate of drug-likeness (QED) is 0.569. The van der Waals surface area contributed by atoms with Gasteiger partial charge in [0.25, 0.3) is 11.9 Å². The third-order valence-electron chi connectivity index (χ3n) is 3.44. The van der Waals surface area contributed by atoms with Crippen LogP contribution in [0.25, 0.3) is 0 Å². The van der Waals surface area contributed by atoms with E-state index >= 15 is 0 Å². The Balaban J connectivity index is 1.67. The number of hydrogen-bond donors (Lipinski definition) is 2. The monoisotopic (exact) mass is 303 g/mol. The molecule has 0 aliphatic carbocycles. The van der Waals surface area contributed by atoms with Gasteiger partial charge >= 0.3 is 5.91 Å². The van der Waals surface area contributed by atoms with E-state index in [1.54, 1.807) is 10.8 Å². The molecule has 8 heteroatoms. The van der Waals surface area contributed by atoms with Gasteiger partial charge in [0.05, 0.1) is 0 Å².